The highest BCUT2D eigenvalue weighted by Crippen LogP contribution is 2.38. The minimum Gasteiger partial charge on any atom is -0.481 e. The maximum atomic E-state index is 14.0. The average Bonchev–Trinajstić information content (AvgIpc) is 2.14. The third kappa shape index (κ3) is 4.16. The van der Waals surface area contributed by atoms with Crippen LogP contribution < -0.4 is 0 Å². The van der Waals surface area contributed by atoms with E-state index in [2.05, 4.69) is 6.58 Å². The van der Waals surface area contributed by atoms with Gasteiger partial charge >= 0.3 is 11.9 Å². The van der Waals surface area contributed by atoms with Crippen LogP contribution in [0.25, 0.3) is 0 Å². The number of hydrogen-bond donors (Lipinski definition) is 1. The Kier molecular flexibility index (Phi) is 5.42. The summed E-state index contributed by atoms with van der Waals surface area (Å²) in [6.07, 6.45) is -1.04. The molecule has 0 aromatic heterocycles. The van der Waals surface area contributed by atoms with Gasteiger partial charge in [0.25, 0.3) is 0 Å². The molecule has 0 bridgehead atoms. The van der Waals surface area contributed by atoms with E-state index >= 15 is 0 Å². The van der Waals surface area contributed by atoms with Crippen molar-refractivity contribution in [2.24, 2.45) is 0 Å². The fourth-order valence-electron chi connectivity index (χ4n) is 0.868. The molecule has 0 spiro atoms. The highest BCUT2D eigenvalue weighted by molar-refractivity contribution is 6.26. The zero-order valence-corrected chi connectivity index (χ0v) is 10.9. The summed E-state index contributed by atoms with van der Waals surface area (Å²) in [5.41, 5.74) is -1.92. The molecule has 0 aliphatic rings. The number of halogens is 3. The van der Waals surface area contributed by atoms with E-state index in [-0.39, 0.29) is 5.57 Å². The Morgan fingerprint density at radius 2 is 2.00 bits per heavy atom. The second-order valence-electron chi connectivity index (χ2n) is 3.81. The van der Waals surface area contributed by atoms with Crippen molar-refractivity contribution >= 4 is 35.1 Å². The van der Waals surface area contributed by atoms with Crippen molar-refractivity contribution < 1.29 is 23.8 Å². The Labute approximate surface area is 108 Å². The topological polar surface area (TPSA) is 63.6 Å². The van der Waals surface area contributed by atoms with Crippen LogP contribution in [0.3, 0.4) is 0 Å². The fraction of sp³-hybridized carbons (Fsp3) is 0.600. The molecule has 2 unspecified atom stereocenters. The van der Waals surface area contributed by atoms with Gasteiger partial charge in [-0.05, 0) is 13.8 Å². The third-order valence-corrected chi connectivity index (χ3v) is 3.11. The highest BCUT2D eigenvalue weighted by atomic mass is 35.5. The standard InChI is InChI=1S/C10H13Cl2FO4/c1-6(2)8(16)17-9(3,5-11)10(12,13)4-7(14)15/h1,4-5H2,2-3H3,(H,14,15). The number of carboxylic acids is 1. The van der Waals surface area contributed by atoms with Crippen LogP contribution in [-0.2, 0) is 14.3 Å². The lowest BCUT2D eigenvalue weighted by Gasteiger charge is -2.35. The van der Waals surface area contributed by atoms with Crippen LogP contribution in [0.15, 0.2) is 12.2 Å². The number of hydrogen-bond acceptors (Lipinski definition) is 3. The molecule has 0 aliphatic carbocycles. The minimum atomic E-state index is -2.80. The molecule has 1 N–H and O–H groups in total. The molecule has 0 saturated heterocycles. The quantitative estimate of drug-likeness (QED) is 0.463. The minimum absolute atomic E-state index is 0.0316. The second kappa shape index (κ2) is 5.69. The molecule has 0 rings (SSSR count). The van der Waals surface area contributed by atoms with E-state index < -0.39 is 35.0 Å². The zero-order chi connectivity index (χ0) is 13.9. The summed E-state index contributed by atoms with van der Waals surface area (Å²) in [7, 11) is 0. The number of ether oxygens (including phenoxy) is 1. The van der Waals surface area contributed by atoms with Gasteiger partial charge in [0.15, 0.2) is 5.60 Å². The smallest absolute Gasteiger partial charge is 0.333 e. The first-order valence-electron chi connectivity index (χ1n) is 4.60. The second-order valence-corrected chi connectivity index (χ2v) is 4.68. The van der Waals surface area contributed by atoms with Gasteiger partial charge in [-0.15, -0.1) is 11.6 Å². The molecule has 0 fully saturated rings. The molecule has 0 saturated carbocycles. The van der Waals surface area contributed by atoms with E-state index in [1.807, 2.05) is 0 Å². The normalized spacial score (nSPS) is 17.7. The van der Waals surface area contributed by atoms with Gasteiger partial charge in [-0.1, -0.05) is 18.2 Å². The predicted octanol–water partition coefficient (Wildman–Crippen LogP) is 2.48. The van der Waals surface area contributed by atoms with Crippen molar-refractivity contribution in [3.63, 3.8) is 0 Å². The first kappa shape index (κ1) is 16.2. The Balaban J connectivity index is 5.06. The van der Waals surface area contributed by atoms with E-state index in [0.717, 1.165) is 6.92 Å². The van der Waals surface area contributed by atoms with Gasteiger partial charge in [0.2, 0.25) is 5.13 Å². The Bertz CT molecular complexity index is 343. The highest BCUT2D eigenvalue weighted by Gasteiger charge is 2.52. The molecule has 0 aromatic carbocycles. The summed E-state index contributed by atoms with van der Waals surface area (Å²) < 4.78 is 18.8. The molecule has 0 amide bonds. The van der Waals surface area contributed by atoms with Crippen LogP contribution in [0.1, 0.15) is 20.3 Å². The van der Waals surface area contributed by atoms with Crippen LogP contribution in [-0.4, -0.2) is 33.7 Å². The number of carboxylic acid groups (broad SMARTS) is 1. The number of alkyl halides is 3. The Morgan fingerprint density at radius 1 is 1.53 bits per heavy atom. The van der Waals surface area contributed by atoms with Gasteiger partial charge < -0.3 is 9.84 Å². The number of carbonyl (C=O) groups is 2. The SMILES string of the molecule is C=C(C)C(=O)OC(C)(CCl)C(F)(Cl)CC(=O)O. The van der Waals surface area contributed by atoms with E-state index in [1.54, 1.807) is 0 Å². The molecule has 7 heteroatoms. The van der Waals surface area contributed by atoms with E-state index in [1.165, 1.54) is 6.92 Å². The van der Waals surface area contributed by atoms with Gasteiger partial charge in [0.1, 0.15) is 0 Å². The van der Waals surface area contributed by atoms with Crippen LogP contribution in [0.2, 0.25) is 0 Å². The summed E-state index contributed by atoms with van der Waals surface area (Å²) in [6, 6.07) is 0. The Morgan fingerprint density at radius 3 is 2.29 bits per heavy atom. The molecule has 17 heavy (non-hydrogen) atoms. The first-order valence-corrected chi connectivity index (χ1v) is 5.51. The maximum Gasteiger partial charge on any atom is 0.333 e. The summed E-state index contributed by atoms with van der Waals surface area (Å²) in [5.74, 6) is -2.84. The lowest BCUT2D eigenvalue weighted by atomic mass is 9.98. The van der Waals surface area contributed by atoms with Gasteiger partial charge in [0, 0.05) is 5.57 Å². The van der Waals surface area contributed by atoms with E-state index in [0.29, 0.717) is 0 Å². The van der Waals surface area contributed by atoms with Gasteiger partial charge in [-0.2, -0.15) is 0 Å². The van der Waals surface area contributed by atoms with Crippen molar-refractivity contribution in [1.29, 1.82) is 0 Å². The summed E-state index contributed by atoms with van der Waals surface area (Å²) >= 11 is 10.9. The average molecular weight is 287 g/mol. The molecule has 0 aromatic rings. The van der Waals surface area contributed by atoms with Gasteiger partial charge in [0.05, 0.1) is 12.3 Å². The molecule has 4 nitrogen and oxygen atoms in total. The monoisotopic (exact) mass is 286 g/mol. The van der Waals surface area contributed by atoms with Crippen molar-refractivity contribution in [3.8, 4) is 0 Å². The third-order valence-electron chi connectivity index (χ3n) is 2.07. The molecule has 0 aliphatic heterocycles. The largest absolute Gasteiger partial charge is 0.481 e. The van der Waals surface area contributed by atoms with Crippen LogP contribution in [0.5, 0.6) is 0 Å². The molecule has 0 heterocycles. The number of rotatable bonds is 6. The maximum absolute atomic E-state index is 14.0. The van der Waals surface area contributed by atoms with Crippen LogP contribution in [0, 0.1) is 0 Å². The first-order chi connectivity index (χ1) is 7.55. The molecule has 98 valence electrons. The van der Waals surface area contributed by atoms with Crippen molar-refractivity contribution in [2.45, 2.75) is 31.0 Å². The van der Waals surface area contributed by atoms with E-state index in [4.69, 9.17) is 33.0 Å². The summed E-state index contributed by atoms with van der Waals surface area (Å²) in [5, 5.41) is 5.73. The van der Waals surface area contributed by atoms with Crippen LogP contribution >= 0.6 is 23.2 Å². The van der Waals surface area contributed by atoms with E-state index in [9.17, 15) is 14.0 Å². The Hall–Kier alpha value is -0.810. The fourth-order valence-corrected chi connectivity index (χ4v) is 1.42. The van der Waals surface area contributed by atoms with Crippen molar-refractivity contribution in [3.05, 3.63) is 12.2 Å². The number of carbonyl (C=O) groups excluding carboxylic acids is 1. The van der Waals surface area contributed by atoms with Gasteiger partial charge in [-0.25, -0.2) is 9.18 Å². The number of aliphatic carboxylic acids is 1. The number of esters is 1. The summed E-state index contributed by atoms with van der Waals surface area (Å²) in [6.45, 7) is 5.80. The molecule has 2 atom stereocenters. The summed E-state index contributed by atoms with van der Waals surface area (Å²) in [4.78, 5) is 21.8. The van der Waals surface area contributed by atoms with Gasteiger partial charge in [-0.3, -0.25) is 4.79 Å². The van der Waals surface area contributed by atoms with Crippen molar-refractivity contribution in [2.75, 3.05) is 5.88 Å². The molecular weight excluding hydrogens is 274 g/mol. The zero-order valence-electron chi connectivity index (χ0n) is 9.43. The predicted molar refractivity (Wildman–Crippen MR) is 62.0 cm³/mol. The molecular formula is C10H13Cl2FO4. The van der Waals surface area contributed by atoms with Crippen LogP contribution in [0.4, 0.5) is 4.39 Å². The lowest BCUT2D eigenvalue weighted by molar-refractivity contribution is -0.164. The molecule has 0 radical (unpaired) electrons. The van der Waals surface area contributed by atoms with Crippen molar-refractivity contribution in [1.82, 2.24) is 0 Å². The lowest BCUT2D eigenvalue weighted by Crippen LogP contribution is -2.51.